The van der Waals surface area contributed by atoms with E-state index < -0.39 is 18.3 Å². The molecule has 0 saturated carbocycles. The van der Waals surface area contributed by atoms with E-state index in [1.807, 2.05) is 6.92 Å². The SMILES string of the molecule is Cc1cnn(CCF)c1NCc1cc(F)cc(F)c1.Cl. The Balaban J connectivity index is 0.00000200. The summed E-state index contributed by atoms with van der Waals surface area (Å²) in [4.78, 5) is 0. The average Bonchev–Trinajstić information content (AvgIpc) is 2.67. The summed E-state index contributed by atoms with van der Waals surface area (Å²) in [6.07, 6.45) is 1.62. The highest BCUT2D eigenvalue weighted by Crippen LogP contribution is 2.16. The smallest absolute Gasteiger partial charge is 0.127 e. The molecule has 0 atom stereocenters. The van der Waals surface area contributed by atoms with E-state index in [9.17, 15) is 13.2 Å². The van der Waals surface area contributed by atoms with Crippen molar-refractivity contribution in [1.82, 2.24) is 9.78 Å². The minimum atomic E-state index is -0.620. The lowest BCUT2D eigenvalue weighted by Gasteiger charge is -2.10. The molecule has 0 aliphatic heterocycles. The molecule has 3 nitrogen and oxygen atoms in total. The van der Waals surface area contributed by atoms with Gasteiger partial charge in [-0.05, 0) is 24.6 Å². The molecule has 0 bridgehead atoms. The zero-order valence-corrected chi connectivity index (χ0v) is 11.7. The van der Waals surface area contributed by atoms with E-state index in [1.165, 1.54) is 16.8 Å². The van der Waals surface area contributed by atoms with Gasteiger partial charge >= 0.3 is 0 Å². The summed E-state index contributed by atoms with van der Waals surface area (Å²) in [5.74, 6) is -0.584. The average molecular weight is 306 g/mol. The first-order chi connectivity index (χ1) is 9.10. The molecule has 0 fully saturated rings. The molecule has 0 spiro atoms. The van der Waals surface area contributed by atoms with Gasteiger partial charge in [0.05, 0.1) is 12.7 Å². The van der Waals surface area contributed by atoms with Gasteiger partial charge in [0.1, 0.15) is 24.1 Å². The van der Waals surface area contributed by atoms with Gasteiger partial charge in [-0.2, -0.15) is 5.10 Å². The molecule has 0 aliphatic rings. The molecular formula is C13H15ClF3N3. The zero-order valence-electron chi connectivity index (χ0n) is 10.9. The van der Waals surface area contributed by atoms with Crippen LogP contribution in [0.2, 0.25) is 0 Å². The maximum atomic E-state index is 13.0. The highest BCUT2D eigenvalue weighted by Gasteiger charge is 2.07. The maximum absolute atomic E-state index is 13.0. The number of halogens is 4. The molecule has 2 rings (SSSR count). The fourth-order valence-electron chi connectivity index (χ4n) is 1.86. The predicted molar refractivity (Wildman–Crippen MR) is 73.9 cm³/mol. The Morgan fingerprint density at radius 1 is 1.20 bits per heavy atom. The summed E-state index contributed by atoms with van der Waals surface area (Å²) >= 11 is 0. The molecule has 1 aromatic heterocycles. The molecule has 1 heterocycles. The summed E-state index contributed by atoms with van der Waals surface area (Å²) in [7, 11) is 0. The van der Waals surface area contributed by atoms with Crippen LogP contribution < -0.4 is 5.32 Å². The van der Waals surface area contributed by atoms with Crippen LogP contribution in [-0.4, -0.2) is 16.5 Å². The van der Waals surface area contributed by atoms with Gasteiger partial charge in [0.2, 0.25) is 0 Å². The van der Waals surface area contributed by atoms with Gasteiger partial charge in [-0.3, -0.25) is 0 Å². The monoisotopic (exact) mass is 305 g/mol. The first-order valence-electron chi connectivity index (χ1n) is 5.87. The molecule has 110 valence electrons. The Bertz CT molecular complexity index is 552. The van der Waals surface area contributed by atoms with Gasteiger partial charge in [-0.15, -0.1) is 12.4 Å². The van der Waals surface area contributed by atoms with Crippen LogP contribution in [0.1, 0.15) is 11.1 Å². The van der Waals surface area contributed by atoms with Crippen molar-refractivity contribution < 1.29 is 13.2 Å². The van der Waals surface area contributed by atoms with Crippen molar-refractivity contribution in [3.05, 3.63) is 47.2 Å². The van der Waals surface area contributed by atoms with E-state index in [2.05, 4.69) is 10.4 Å². The van der Waals surface area contributed by atoms with Gasteiger partial charge in [-0.25, -0.2) is 17.9 Å². The molecule has 2 aromatic rings. The lowest BCUT2D eigenvalue weighted by Crippen LogP contribution is -2.10. The van der Waals surface area contributed by atoms with Crippen molar-refractivity contribution in [1.29, 1.82) is 0 Å². The predicted octanol–water partition coefficient (Wildman–Crippen LogP) is 3.47. The van der Waals surface area contributed by atoms with E-state index in [4.69, 9.17) is 0 Å². The Kier molecular flexibility index (Phi) is 5.88. The van der Waals surface area contributed by atoms with Gasteiger partial charge in [-0.1, -0.05) is 0 Å². The van der Waals surface area contributed by atoms with E-state index in [0.717, 1.165) is 11.6 Å². The number of hydrogen-bond acceptors (Lipinski definition) is 2. The van der Waals surface area contributed by atoms with Crippen LogP contribution in [0.3, 0.4) is 0 Å². The number of benzene rings is 1. The first-order valence-corrected chi connectivity index (χ1v) is 5.87. The quantitative estimate of drug-likeness (QED) is 0.916. The van der Waals surface area contributed by atoms with Crippen LogP contribution in [0.15, 0.2) is 24.4 Å². The third-order valence-electron chi connectivity index (χ3n) is 2.70. The van der Waals surface area contributed by atoms with Crippen molar-refractivity contribution >= 4 is 18.2 Å². The topological polar surface area (TPSA) is 29.9 Å². The second-order valence-corrected chi connectivity index (χ2v) is 4.22. The van der Waals surface area contributed by atoms with Crippen LogP contribution in [0.5, 0.6) is 0 Å². The van der Waals surface area contributed by atoms with Crippen LogP contribution >= 0.6 is 12.4 Å². The molecule has 0 unspecified atom stereocenters. The van der Waals surface area contributed by atoms with Crippen molar-refractivity contribution in [3.63, 3.8) is 0 Å². The number of alkyl halides is 1. The summed E-state index contributed by atoms with van der Waals surface area (Å²) in [6.45, 7) is 1.70. The Morgan fingerprint density at radius 3 is 2.45 bits per heavy atom. The molecule has 0 amide bonds. The van der Waals surface area contributed by atoms with E-state index in [1.54, 1.807) is 6.20 Å². The lowest BCUT2D eigenvalue weighted by atomic mass is 10.2. The van der Waals surface area contributed by atoms with Crippen molar-refractivity contribution in [2.75, 3.05) is 12.0 Å². The summed E-state index contributed by atoms with van der Waals surface area (Å²) < 4.78 is 39.9. The van der Waals surface area contributed by atoms with Crippen LogP contribution in [-0.2, 0) is 13.1 Å². The minimum Gasteiger partial charge on any atom is -0.366 e. The minimum absolute atomic E-state index is 0. The Labute approximate surface area is 121 Å². The van der Waals surface area contributed by atoms with Crippen LogP contribution in [0.4, 0.5) is 19.0 Å². The Morgan fingerprint density at radius 2 is 1.85 bits per heavy atom. The number of nitrogens with one attached hydrogen (secondary N) is 1. The van der Waals surface area contributed by atoms with Crippen molar-refractivity contribution in [2.24, 2.45) is 0 Å². The highest BCUT2D eigenvalue weighted by atomic mass is 35.5. The molecule has 7 heteroatoms. The molecule has 0 aliphatic carbocycles. The zero-order chi connectivity index (χ0) is 13.8. The number of aryl methyl sites for hydroxylation is 2. The largest absolute Gasteiger partial charge is 0.366 e. The van der Waals surface area contributed by atoms with Gasteiger partial charge in [0.15, 0.2) is 0 Å². The van der Waals surface area contributed by atoms with Gasteiger partial charge in [0, 0.05) is 18.2 Å². The lowest BCUT2D eigenvalue weighted by molar-refractivity contribution is 0.429. The highest BCUT2D eigenvalue weighted by molar-refractivity contribution is 5.85. The molecule has 1 aromatic carbocycles. The molecule has 20 heavy (non-hydrogen) atoms. The van der Waals surface area contributed by atoms with E-state index in [-0.39, 0.29) is 25.5 Å². The fraction of sp³-hybridized carbons (Fsp3) is 0.308. The van der Waals surface area contributed by atoms with Gasteiger partial charge in [0.25, 0.3) is 0 Å². The van der Waals surface area contributed by atoms with Crippen molar-refractivity contribution in [2.45, 2.75) is 20.0 Å². The summed E-state index contributed by atoms with van der Waals surface area (Å²) in [6, 6.07) is 3.32. The third kappa shape index (κ3) is 3.90. The standard InChI is InChI=1S/C13H14F3N3.ClH/c1-9-7-18-19(3-2-14)13(9)17-8-10-4-11(15)6-12(16)5-10;/h4-7,17H,2-3,8H2,1H3;1H. The second kappa shape index (κ2) is 7.19. The molecular weight excluding hydrogens is 291 g/mol. The summed E-state index contributed by atoms with van der Waals surface area (Å²) in [5.41, 5.74) is 1.33. The normalized spacial score (nSPS) is 10.2. The van der Waals surface area contributed by atoms with Crippen LogP contribution in [0.25, 0.3) is 0 Å². The number of rotatable bonds is 5. The third-order valence-corrected chi connectivity index (χ3v) is 2.70. The number of hydrogen-bond donors (Lipinski definition) is 1. The second-order valence-electron chi connectivity index (χ2n) is 4.22. The molecule has 1 N–H and O–H groups in total. The Hall–Kier alpha value is -1.69. The number of anilines is 1. The van der Waals surface area contributed by atoms with E-state index in [0.29, 0.717) is 11.4 Å². The number of aromatic nitrogens is 2. The summed E-state index contributed by atoms with van der Waals surface area (Å²) in [5, 5.41) is 7.04. The molecule has 0 radical (unpaired) electrons. The van der Waals surface area contributed by atoms with E-state index >= 15 is 0 Å². The first kappa shape index (κ1) is 16.4. The molecule has 0 saturated heterocycles. The fourth-order valence-corrected chi connectivity index (χ4v) is 1.86. The van der Waals surface area contributed by atoms with Crippen molar-refractivity contribution in [3.8, 4) is 0 Å². The van der Waals surface area contributed by atoms with Crippen LogP contribution in [0, 0.1) is 18.6 Å². The number of nitrogens with zero attached hydrogens (tertiary/aromatic N) is 2. The van der Waals surface area contributed by atoms with Gasteiger partial charge < -0.3 is 5.32 Å². The maximum Gasteiger partial charge on any atom is 0.127 e.